The number of nitrogens with zero attached hydrogens (tertiary/aromatic N) is 2. The average molecular weight is 477 g/mol. The third-order valence-electron chi connectivity index (χ3n) is 4.72. The normalized spacial score (nSPS) is 12.0. The van der Waals surface area contributed by atoms with Crippen LogP contribution >= 0.6 is 0 Å². The molecule has 0 radical (unpaired) electrons. The van der Waals surface area contributed by atoms with Gasteiger partial charge < -0.3 is 15.2 Å². The fraction of sp³-hybridized carbons (Fsp3) is 0.304. The van der Waals surface area contributed by atoms with Gasteiger partial charge in [-0.2, -0.15) is 13.2 Å². The van der Waals surface area contributed by atoms with Crippen molar-refractivity contribution in [1.82, 2.24) is 14.9 Å². The second kappa shape index (κ2) is 8.81. The van der Waals surface area contributed by atoms with Crippen LogP contribution in [0.5, 0.6) is 5.75 Å². The number of amides is 1. The molecule has 2 aromatic heterocycles. The third kappa shape index (κ3) is 5.03. The summed E-state index contributed by atoms with van der Waals surface area (Å²) in [6.07, 6.45) is -4.85. The molecule has 180 valence electrons. The minimum atomic E-state index is -4.85. The quantitative estimate of drug-likeness (QED) is 0.558. The standard InChI is InChI=1S/C23H22F3N3O5/c1-22(2,3)34-15(30)11-27-20(32)16-17(31)14-10-13(12-8-6-5-7-9-12)18(23(24,25)26)28-19(14)29(4)21(16)33/h5-10,31H,11H2,1-4H3,(H,27,32). The molecule has 0 bridgehead atoms. The summed E-state index contributed by atoms with van der Waals surface area (Å²) in [5.74, 6) is -2.72. The van der Waals surface area contributed by atoms with E-state index in [2.05, 4.69) is 10.3 Å². The molecule has 0 aliphatic carbocycles. The summed E-state index contributed by atoms with van der Waals surface area (Å²) in [6, 6.07) is 8.60. The Hall–Kier alpha value is -3.89. The van der Waals surface area contributed by atoms with Crippen LogP contribution in [-0.4, -0.2) is 38.7 Å². The van der Waals surface area contributed by atoms with Crippen LogP contribution in [0.3, 0.4) is 0 Å². The third-order valence-corrected chi connectivity index (χ3v) is 4.72. The first-order valence-corrected chi connectivity index (χ1v) is 10.1. The second-order valence-corrected chi connectivity index (χ2v) is 8.48. The summed E-state index contributed by atoms with van der Waals surface area (Å²) in [5, 5.41) is 12.7. The molecule has 2 N–H and O–H groups in total. The second-order valence-electron chi connectivity index (χ2n) is 8.48. The summed E-state index contributed by atoms with van der Waals surface area (Å²) < 4.78 is 47.1. The zero-order valence-corrected chi connectivity index (χ0v) is 18.8. The van der Waals surface area contributed by atoms with Gasteiger partial charge in [-0.1, -0.05) is 30.3 Å². The van der Waals surface area contributed by atoms with Crippen molar-refractivity contribution in [3.8, 4) is 16.9 Å². The molecule has 1 aromatic carbocycles. The van der Waals surface area contributed by atoms with Gasteiger partial charge in [-0.25, -0.2) is 4.98 Å². The molecule has 3 aromatic rings. The Labute approximate surface area is 192 Å². The summed E-state index contributed by atoms with van der Waals surface area (Å²) in [4.78, 5) is 40.9. The lowest BCUT2D eigenvalue weighted by molar-refractivity contribution is -0.153. The van der Waals surface area contributed by atoms with Crippen molar-refractivity contribution < 1.29 is 32.6 Å². The van der Waals surface area contributed by atoms with Crippen molar-refractivity contribution >= 4 is 22.9 Å². The van der Waals surface area contributed by atoms with Crippen molar-refractivity contribution in [2.24, 2.45) is 7.05 Å². The maximum Gasteiger partial charge on any atom is 0.434 e. The highest BCUT2D eigenvalue weighted by molar-refractivity contribution is 6.03. The lowest BCUT2D eigenvalue weighted by Crippen LogP contribution is -2.38. The number of rotatable bonds is 4. The Morgan fingerprint density at radius 2 is 1.76 bits per heavy atom. The van der Waals surface area contributed by atoms with Gasteiger partial charge in [0.2, 0.25) is 0 Å². The molecule has 2 heterocycles. The SMILES string of the molecule is Cn1c(=O)c(C(=O)NCC(=O)OC(C)(C)C)c(O)c2cc(-c3ccccc3)c(C(F)(F)F)nc21. The lowest BCUT2D eigenvalue weighted by Gasteiger charge is -2.19. The molecule has 1 amide bonds. The largest absolute Gasteiger partial charge is 0.506 e. The van der Waals surface area contributed by atoms with E-state index < -0.39 is 58.4 Å². The van der Waals surface area contributed by atoms with Gasteiger partial charge in [0, 0.05) is 12.6 Å². The fourth-order valence-corrected chi connectivity index (χ4v) is 3.31. The van der Waals surface area contributed by atoms with Crippen molar-refractivity contribution in [2.45, 2.75) is 32.5 Å². The first kappa shape index (κ1) is 24.7. The molecule has 34 heavy (non-hydrogen) atoms. The molecule has 0 aliphatic heterocycles. The van der Waals surface area contributed by atoms with E-state index in [4.69, 9.17) is 4.74 Å². The number of carbonyl (C=O) groups is 2. The average Bonchev–Trinajstić information content (AvgIpc) is 2.74. The molecule has 0 aliphatic rings. The van der Waals surface area contributed by atoms with Gasteiger partial charge in [0.1, 0.15) is 29.1 Å². The zero-order chi connectivity index (χ0) is 25.4. The molecule has 11 heteroatoms. The van der Waals surface area contributed by atoms with Gasteiger partial charge >= 0.3 is 12.1 Å². The van der Waals surface area contributed by atoms with Crippen molar-refractivity contribution in [2.75, 3.05) is 6.54 Å². The number of halogens is 3. The van der Waals surface area contributed by atoms with Gasteiger partial charge in [0.25, 0.3) is 11.5 Å². The predicted molar refractivity (Wildman–Crippen MR) is 117 cm³/mol. The van der Waals surface area contributed by atoms with Crippen LogP contribution in [0, 0.1) is 0 Å². The van der Waals surface area contributed by atoms with Gasteiger partial charge in [0.15, 0.2) is 5.69 Å². The minimum Gasteiger partial charge on any atom is -0.506 e. The molecule has 0 unspecified atom stereocenters. The highest BCUT2D eigenvalue weighted by Crippen LogP contribution is 2.39. The highest BCUT2D eigenvalue weighted by atomic mass is 19.4. The molecular formula is C23H22F3N3O5. The van der Waals surface area contributed by atoms with E-state index in [1.165, 1.54) is 24.3 Å². The molecule has 8 nitrogen and oxygen atoms in total. The van der Waals surface area contributed by atoms with Crippen molar-refractivity contribution in [3.63, 3.8) is 0 Å². The van der Waals surface area contributed by atoms with Gasteiger partial charge in [-0.15, -0.1) is 0 Å². The number of ether oxygens (including phenoxy) is 1. The molecule has 3 rings (SSSR count). The monoisotopic (exact) mass is 477 g/mol. The van der Waals surface area contributed by atoms with E-state index >= 15 is 0 Å². The topological polar surface area (TPSA) is 111 Å². The van der Waals surface area contributed by atoms with Gasteiger partial charge in [-0.05, 0) is 32.4 Å². The first-order chi connectivity index (χ1) is 15.7. The Morgan fingerprint density at radius 1 is 1.15 bits per heavy atom. The summed E-state index contributed by atoms with van der Waals surface area (Å²) in [5.41, 5.74) is -4.50. The number of alkyl halides is 3. The number of pyridine rings is 2. The van der Waals surface area contributed by atoms with E-state index in [9.17, 15) is 32.7 Å². The molecule has 0 saturated carbocycles. The van der Waals surface area contributed by atoms with Crippen LogP contribution in [0.4, 0.5) is 13.2 Å². The number of hydrogen-bond acceptors (Lipinski definition) is 6. The van der Waals surface area contributed by atoms with E-state index in [-0.39, 0.29) is 16.5 Å². The Balaban J connectivity index is 2.15. The summed E-state index contributed by atoms with van der Waals surface area (Å²) >= 11 is 0. The Morgan fingerprint density at radius 3 is 2.32 bits per heavy atom. The number of hydrogen-bond donors (Lipinski definition) is 2. The van der Waals surface area contributed by atoms with E-state index in [1.807, 2.05) is 0 Å². The van der Waals surface area contributed by atoms with Gasteiger partial charge in [0.05, 0.1) is 5.39 Å². The van der Waals surface area contributed by atoms with E-state index in [0.29, 0.717) is 0 Å². The Kier molecular flexibility index (Phi) is 6.41. The zero-order valence-electron chi connectivity index (χ0n) is 18.8. The minimum absolute atomic E-state index is 0.174. The van der Waals surface area contributed by atoms with Crippen LogP contribution in [0.15, 0.2) is 41.2 Å². The molecule has 0 fully saturated rings. The van der Waals surface area contributed by atoms with Crippen molar-refractivity contribution in [1.29, 1.82) is 0 Å². The molecule has 0 saturated heterocycles. The number of esters is 1. The van der Waals surface area contributed by atoms with E-state index in [1.54, 1.807) is 26.8 Å². The predicted octanol–water partition coefficient (Wildman–Crippen LogP) is 3.40. The Bertz CT molecular complexity index is 1330. The first-order valence-electron chi connectivity index (χ1n) is 10.1. The van der Waals surface area contributed by atoms with Crippen LogP contribution in [0.2, 0.25) is 0 Å². The molecule has 0 spiro atoms. The highest BCUT2D eigenvalue weighted by Gasteiger charge is 2.37. The number of carbonyl (C=O) groups excluding carboxylic acids is 2. The summed E-state index contributed by atoms with van der Waals surface area (Å²) in [6.45, 7) is 4.30. The molecule has 0 atom stereocenters. The summed E-state index contributed by atoms with van der Waals surface area (Å²) in [7, 11) is 1.13. The number of nitrogens with one attached hydrogen (secondary N) is 1. The number of benzene rings is 1. The maximum absolute atomic E-state index is 13.8. The fourth-order valence-electron chi connectivity index (χ4n) is 3.31. The number of fused-ring (bicyclic) bond motifs is 1. The van der Waals surface area contributed by atoms with Crippen LogP contribution < -0.4 is 10.9 Å². The smallest absolute Gasteiger partial charge is 0.434 e. The van der Waals surface area contributed by atoms with E-state index in [0.717, 1.165) is 17.7 Å². The number of aromatic nitrogens is 2. The van der Waals surface area contributed by atoms with Crippen LogP contribution in [0.1, 0.15) is 36.8 Å². The number of aryl methyl sites for hydroxylation is 1. The van der Waals surface area contributed by atoms with Crippen molar-refractivity contribution in [3.05, 3.63) is 58.0 Å². The molecular weight excluding hydrogens is 455 g/mol. The van der Waals surface area contributed by atoms with Gasteiger partial charge in [-0.3, -0.25) is 19.0 Å². The van der Waals surface area contributed by atoms with Crippen LogP contribution in [0.25, 0.3) is 22.2 Å². The lowest BCUT2D eigenvalue weighted by atomic mass is 10.0. The van der Waals surface area contributed by atoms with Crippen LogP contribution in [-0.2, 0) is 22.8 Å². The maximum atomic E-state index is 13.8. The number of aromatic hydroxyl groups is 1.